The van der Waals surface area contributed by atoms with E-state index in [1.54, 1.807) is 0 Å². The molecule has 0 saturated heterocycles. The first-order valence-corrected chi connectivity index (χ1v) is 4.29. The van der Waals surface area contributed by atoms with Crippen LogP contribution in [0.2, 0.25) is 0 Å². The van der Waals surface area contributed by atoms with Gasteiger partial charge < -0.3 is 19.7 Å². The maximum Gasteiger partial charge on any atom is 0.0697 e. The lowest BCUT2D eigenvalue weighted by Crippen LogP contribution is -2.04. The Balaban J connectivity index is 2.73. The standard InChI is InChI=1S/C8H18O4/c9-3-7-11-5-1-2-6-12-8-4-10/h9-10H,1-8H2. The van der Waals surface area contributed by atoms with Crippen LogP contribution in [-0.2, 0) is 9.47 Å². The van der Waals surface area contributed by atoms with Crippen molar-refractivity contribution in [3.05, 3.63) is 0 Å². The zero-order valence-corrected chi connectivity index (χ0v) is 7.37. The SMILES string of the molecule is OCCOCCCCOCCO. The highest BCUT2D eigenvalue weighted by molar-refractivity contribution is 4.38. The summed E-state index contributed by atoms with van der Waals surface area (Å²) in [6, 6.07) is 0. The Morgan fingerprint density at radius 3 is 1.42 bits per heavy atom. The molecule has 0 aromatic heterocycles. The van der Waals surface area contributed by atoms with E-state index in [9.17, 15) is 0 Å². The van der Waals surface area contributed by atoms with E-state index in [4.69, 9.17) is 19.7 Å². The van der Waals surface area contributed by atoms with Crippen molar-refractivity contribution >= 4 is 0 Å². The second-order valence-corrected chi connectivity index (χ2v) is 2.38. The summed E-state index contributed by atoms with van der Waals surface area (Å²) in [5.74, 6) is 0. The smallest absolute Gasteiger partial charge is 0.0697 e. The first-order valence-electron chi connectivity index (χ1n) is 4.29. The van der Waals surface area contributed by atoms with Gasteiger partial charge in [0.25, 0.3) is 0 Å². The zero-order valence-electron chi connectivity index (χ0n) is 7.37. The Morgan fingerprint density at radius 1 is 0.667 bits per heavy atom. The summed E-state index contributed by atoms with van der Waals surface area (Å²) in [5.41, 5.74) is 0. The van der Waals surface area contributed by atoms with Crippen LogP contribution in [0.3, 0.4) is 0 Å². The number of rotatable bonds is 9. The van der Waals surface area contributed by atoms with Gasteiger partial charge in [0.05, 0.1) is 26.4 Å². The molecule has 0 radical (unpaired) electrons. The topological polar surface area (TPSA) is 58.9 Å². The fourth-order valence-electron chi connectivity index (χ4n) is 0.741. The van der Waals surface area contributed by atoms with Crippen LogP contribution in [0, 0.1) is 0 Å². The Morgan fingerprint density at radius 2 is 1.08 bits per heavy atom. The molecule has 2 N–H and O–H groups in total. The average molecular weight is 178 g/mol. The molecule has 4 nitrogen and oxygen atoms in total. The summed E-state index contributed by atoms with van der Waals surface area (Å²) in [4.78, 5) is 0. The van der Waals surface area contributed by atoms with Gasteiger partial charge in [0, 0.05) is 13.2 Å². The number of hydrogen-bond acceptors (Lipinski definition) is 4. The van der Waals surface area contributed by atoms with Crippen molar-refractivity contribution in [3.8, 4) is 0 Å². The Kier molecular flexibility index (Phi) is 10.7. The van der Waals surface area contributed by atoms with Gasteiger partial charge in [-0.25, -0.2) is 0 Å². The van der Waals surface area contributed by atoms with Crippen molar-refractivity contribution in [2.75, 3.05) is 39.6 Å². The minimum Gasteiger partial charge on any atom is -0.394 e. The lowest BCUT2D eigenvalue weighted by atomic mass is 10.3. The van der Waals surface area contributed by atoms with Crippen LogP contribution < -0.4 is 0 Å². The second-order valence-electron chi connectivity index (χ2n) is 2.38. The predicted molar refractivity (Wildman–Crippen MR) is 45.0 cm³/mol. The highest BCUT2D eigenvalue weighted by Gasteiger charge is 1.89. The Hall–Kier alpha value is -0.160. The fourth-order valence-corrected chi connectivity index (χ4v) is 0.741. The van der Waals surface area contributed by atoms with E-state index in [2.05, 4.69) is 0 Å². The summed E-state index contributed by atoms with van der Waals surface area (Å²) in [6.45, 7) is 2.34. The molecule has 0 atom stereocenters. The third-order valence-electron chi connectivity index (χ3n) is 1.30. The van der Waals surface area contributed by atoms with Crippen molar-refractivity contribution in [2.45, 2.75) is 12.8 Å². The normalized spacial score (nSPS) is 10.5. The van der Waals surface area contributed by atoms with Crippen molar-refractivity contribution < 1.29 is 19.7 Å². The van der Waals surface area contributed by atoms with E-state index in [0.29, 0.717) is 26.4 Å². The molecule has 0 aliphatic heterocycles. The molecule has 0 aromatic carbocycles. The molecular formula is C8H18O4. The molecule has 74 valence electrons. The second kappa shape index (κ2) is 10.8. The molecule has 0 aliphatic carbocycles. The number of aliphatic hydroxyl groups excluding tert-OH is 2. The van der Waals surface area contributed by atoms with Gasteiger partial charge >= 0.3 is 0 Å². The third kappa shape index (κ3) is 9.84. The van der Waals surface area contributed by atoms with E-state index in [-0.39, 0.29) is 13.2 Å². The summed E-state index contributed by atoms with van der Waals surface area (Å²) < 4.78 is 10.1. The molecule has 0 aliphatic rings. The summed E-state index contributed by atoms with van der Waals surface area (Å²) in [7, 11) is 0. The first kappa shape index (κ1) is 11.8. The minimum atomic E-state index is 0.0843. The third-order valence-corrected chi connectivity index (χ3v) is 1.30. The highest BCUT2D eigenvalue weighted by Crippen LogP contribution is 1.90. The molecule has 0 spiro atoms. The quantitative estimate of drug-likeness (QED) is 0.479. The molecule has 4 heteroatoms. The van der Waals surface area contributed by atoms with Gasteiger partial charge in [-0.15, -0.1) is 0 Å². The summed E-state index contributed by atoms with van der Waals surface area (Å²) in [6.07, 6.45) is 1.87. The van der Waals surface area contributed by atoms with Crippen molar-refractivity contribution in [1.82, 2.24) is 0 Å². The molecule has 12 heavy (non-hydrogen) atoms. The fraction of sp³-hybridized carbons (Fsp3) is 1.00. The van der Waals surface area contributed by atoms with E-state index in [1.807, 2.05) is 0 Å². The van der Waals surface area contributed by atoms with Gasteiger partial charge in [0.15, 0.2) is 0 Å². The largest absolute Gasteiger partial charge is 0.394 e. The van der Waals surface area contributed by atoms with E-state index < -0.39 is 0 Å². The molecule has 0 aromatic rings. The van der Waals surface area contributed by atoms with Crippen LogP contribution in [-0.4, -0.2) is 49.9 Å². The number of unbranched alkanes of at least 4 members (excludes halogenated alkanes) is 1. The summed E-state index contributed by atoms with van der Waals surface area (Å²) >= 11 is 0. The lowest BCUT2D eigenvalue weighted by Gasteiger charge is -2.02. The maximum atomic E-state index is 8.36. The average Bonchev–Trinajstić information content (AvgIpc) is 2.10. The van der Waals surface area contributed by atoms with Crippen molar-refractivity contribution in [3.63, 3.8) is 0 Å². The van der Waals surface area contributed by atoms with Crippen LogP contribution >= 0.6 is 0 Å². The van der Waals surface area contributed by atoms with E-state index in [0.717, 1.165) is 12.8 Å². The van der Waals surface area contributed by atoms with Crippen LogP contribution in [0.4, 0.5) is 0 Å². The van der Waals surface area contributed by atoms with Crippen molar-refractivity contribution in [1.29, 1.82) is 0 Å². The highest BCUT2D eigenvalue weighted by atomic mass is 16.5. The number of hydrogen-bond donors (Lipinski definition) is 2. The lowest BCUT2D eigenvalue weighted by molar-refractivity contribution is 0.0693. The van der Waals surface area contributed by atoms with E-state index >= 15 is 0 Å². The van der Waals surface area contributed by atoms with Gasteiger partial charge in [0.1, 0.15) is 0 Å². The molecule has 0 rings (SSSR count). The van der Waals surface area contributed by atoms with Gasteiger partial charge in [-0.3, -0.25) is 0 Å². The first-order chi connectivity index (χ1) is 5.91. The van der Waals surface area contributed by atoms with Gasteiger partial charge in [-0.05, 0) is 12.8 Å². The number of aliphatic hydroxyl groups is 2. The van der Waals surface area contributed by atoms with E-state index in [1.165, 1.54) is 0 Å². The van der Waals surface area contributed by atoms with Gasteiger partial charge in [0.2, 0.25) is 0 Å². The maximum absolute atomic E-state index is 8.36. The van der Waals surface area contributed by atoms with Crippen LogP contribution in [0.1, 0.15) is 12.8 Å². The molecule has 0 fully saturated rings. The molecule has 0 heterocycles. The zero-order chi connectivity index (χ0) is 9.07. The van der Waals surface area contributed by atoms with Crippen LogP contribution in [0.25, 0.3) is 0 Å². The molecule has 0 saturated carbocycles. The molecule has 0 amide bonds. The number of ether oxygens (including phenoxy) is 2. The van der Waals surface area contributed by atoms with Crippen LogP contribution in [0.15, 0.2) is 0 Å². The van der Waals surface area contributed by atoms with Gasteiger partial charge in [-0.1, -0.05) is 0 Å². The summed E-state index contributed by atoms with van der Waals surface area (Å²) in [5, 5.41) is 16.7. The Labute approximate surface area is 73.1 Å². The predicted octanol–water partition coefficient (Wildman–Crippen LogP) is -0.216. The van der Waals surface area contributed by atoms with Crippen molar-refractivity contribution in [2.24, 2.45) is 0 Å². The molecule has 0 bridgehead atoms. The van der Waals surface area contributed by atoms with Gasteiger partial charge in [-0.2, -0.15) is 0 Å². The Bertz CT molecular complexity index is 67.5. The molecular weight excluding hydrogens is 160 g/mol. The minimum absolute atomic E-state index is 0.0843. The van der Waals surface area contributed by atoms with Crippen LogP contribution in [0.5, 0.6) is 0 Å². The monoisotopic (exact) mass is 178 g/mol. The molecule has 0 unspecified atom stereocenters.